The Morgan fingerprint density at radius 2 is 1.81 bits per heavy atom. The first-order valence-electron chi connectivity index (χ1n) is 9.54. The van der Waals surface area contributed by atoms with Crippen LogP contribution >= 0.6 is 0 Å². The topological polar surface area (TPSA) is 77.0 Å². The maximum Gasteiger partial charge on any atom is 0.251 e. The molecule has 150 valence electrons. The van der Waals surface area contributed by atoms with Crippen molar-refractivity contribution in [2.75, 3.05) is 46.3 Å². The monoisotopic (exact) mass is 375 g/mol. The summed E-state index contributed by atoms with van der Waals surface area (Å²) >= 11 is 0. The van der Waals surface area contributed by atoms with Gasteiger partial charge in [0.2, 0.25) is 5.91 Å². The summed E-state index contributed by atoms with van der Waals surface area (Å²) in [5.74, 6) is 0.618. The van der Waals surface area contributed by atoms with Crippen LogP contribution in [0.25, 0.3) is 0 Å². The molecule has 0 aliphatic rings. The maximum atomic E-state index is 12.3. The van der Waals surface area contributed by atoms with E-state index in [1.165, 1.54) is 0 Å². The summed E-state index contributed by atoms with van der Waals surface area (Å²) < 4.78 is 0. The van der Waals surface area contributed by atoms with Gasteiger partial charge in [0.25, 0.3) is 5.91 Å². The predicted molar refractivity (Wildman–Crippen MR) is 110 cm³/mol. The molecule has 0 atom stereocenters. The standard InChI is InChI=1S/C20H33N5O2/c1-6-21-20(24(5)15-18(26)25(7-2)8-3)23-13-12-22-19(27)17-11-9-10-16(4)14-17/h9-11,14H,6-8,12-13,15H2,1-5H3,(H,21,23)(H,22,27). The average Bonchev–Trinajstić information content (AvgIpc) is 2.64. The quantitative estimate of drug-likeness (QED) is 0.389. The van der Waals surface area contributed by atoms with Gasteiger partial charge < -0.3 is 20.4 Å². The van der Waals surface area contributed by atoms with Crippen LogP contribution in [0.3, 0.4) is 0 Å². The summed E-state index contributed by atoms with van der Waals surface area (Å²) in [7, 11) is 1.84. The van der Waals surface area contributed by atoms with Gasteiger partial charge in [0.15, 0.2) is 5.96 Å². The number of benzene rings is 1. The smallest absolute Gasteiger partial charge is 0.251 e. The Bertz CT molecular complexity index is 641. The SMILES string of the molecule is CCNC(=NCCNC(=O)c1cccc(C)c1)N(C)CC(=O)N(CC)CC. The zero-order valence-corrected chi connectivity index (χ0v) is 17.2. The van der Waals surface area contributed by atoms with E-state index in [1.54, 1.807) is 11.0 Å². The zero-order chi connectivity index (χ0) is 20.2. The molecular weight excluding hydrogens is 342 g/mol. The largest absolute Gasteiger partial charge is 0.357 e. The number of amides is 2. The fraction of sp³-hybridized carbons (Fsp3) is 0.550. The lowest BCUT2D eigenvalue weighted by Crippen LogP contribution is -2.46. The molecule has 1 aromatic rings. The molecule has 0 saturated carbocycles. The molecule has 0 aromatic heterocycles. The summed E-state index contributed by atoms with van der Waals surface area (Å²) in [5.41, 5.74) is 1.70. The number of carbonyl (C=O) groups is 2. The Kier molecular flexibility index (Phi) is 9.93. The van der Waals surface area contributed by atoms with Crippen molar-refractivity contribution in [1.82, 2.24) is 20.4 Å². The van der Waals surface area contributed by atoms with Crippen molar-refractivity contribution in [2.24, 2.45) is 4.99 Å². The fourth-order valence-electron chi connectivity index (χ4n) is 2.64. The second kappa shape index (κ2) is 11.9. The van der Waals surface area contributed by atoms with Crippen LogP contribution in [0.15, 0.2) is 29.3 Å². The first-order chi connectivity index (χ1) is 12.9. The van der Waals surface area contributed by atoms with E-state index in [-0.39, 0.29) is 18.4 Å². The minimum atomic E-state index is -0.107. The number of nitrogens with one attached hydrogen (secondary N) is 2. The highest BCUT2D eigenvalue weighted by Crippen LogP contribution is 2.03. The first-order valence-corrected chi connectivity index (χ1v) is 9.54. The van der Waals surface area contributed by atoms with Crippen LogP contribution < -0.4 is 10.6 Å². The molecule has 0 bridgehead atoms. The van der Waals surface area contributed by atoms with E-state index in [0.717, 1.165) is 5.56 Å². The molecule has 2 N–H and O–H groups in total. The van der Waals surface area contributed by atoms with Crippen molar-refractivity contribution in [1.29, 1.82) is 0 Å². The Balaban J connectivity index is 2.57. The highest BCUT2D eigenvalue weighted by Gasteiger charge is 2.14. The van der Waals surface area contributed by atoms with Crippen LogP contribution in [0.2, 0.25) is 0 Å². The van der Waals surface area contributed by atoms with Gasteiger partial charge in [0.05, 0.1) is 13.1 Å². The molecule has 0 radical (unpaired) electrons. The van der Waals surface area contributed by atoms with E-state index in [2.05, 4.69) is 15.6 Å². The van der Waals surface area contributed by atoms with Crippen molar-refractivity contribution in [2.45, 2.75) is 27.7 Å². The van der Waals surface area contributed by atoms with Crippen molar-refractivity contribution in [3.63, 3.8) is 0 Å². The number of carbonyl (C=O) groups excluding carboxylic acids is 2. The lowest BCUT2D eigenvalue weighted by Gasteiger charge is -2.25. The number of guanidine groups is 1. The normalized spacial score (nSPS) is 11.1. The van der Waals surface area contributed by atoms with Gasteiger partial charge in [-0.05, 0) is 39.8 Å². The molecule has 7 nitrogen and oxygen atoms in total. The molecule has 27 heavy (non-hydrogen) atoms. The summed E-state index contributed by atoms with van der Waals surface area (Å²) in [5, 5.41) is 6.05. The van der Waals surface area contributed by atoms with E-state index < -0.39 is 0 Å². The molecule has 0 fully saturated rings. The number of rotatable bonds is 9. The van der Waals surface area contributed by atoms with Crippen LogP contribution in [0.5, 0.6) is 0 Å². The lowest BCUT2D eigenvalue weighted by molar-refractivity contribution is -0.131. The molecule has 0 saturated heterocycles. The minimum Gasteiger partial charge on any atom is -0.357 e. The molecule has 0 spiro atoms. The molecule has 0 heterocycles. The lowest BCUT2D eigenvalue weighted by atomic mass is 10.1. The average molecular weight is 376 g/mol. The van der Waals surface area contributed by atoms with Crippen LogP contribution in [0.1, 0.15) is 36.7 Å². The van der Waals surface area contributed by atoms with Crippen molar-refractivity contribution in [3.05, 3.63) is 35.4 Å². The minimum absolute atomic E-state index is 0.0702. The van der Waals surface area contributed by atoms with Gasteiger partial charge in [-0.1, -0.05) is 17.7 Å². The van der Waals surface area contributed by atoms with Crippen LogP contribution in [-0.2, 0) is 4.79 Å². The molecule has 2 amide bonds. The second-order valence-corrected chi connectivity index (χ2v) is 6.28. The van der Waals surface area contributed by atoms with Gasteiger partial charge in [0, 0.05) is 38.8 Å². The Labute approximate surface area is 162 Å². The second-order valence-electron chi connectivity index (χ2n) is 6.28. The van der Waals surface area contributed by atoms with Gasteiger partial charge in [0.1, 0.15) is 0 Å². The van der Waals surface area contributed by atoms with Gasteiger partial charge in [-0.3, -0.25) is 14.6 Å². The molecule has 0 aliphatic carbocycles. The molecule has 1 aromatic carbocycles. The summed E-state index contributed by atoms with van der Waals surface area (Å²) in [6, 6.07) is 7.48. The molecular formula is C20H33N5O2. The van der Waals surface area contributed by atoms with Crippen LogP contribution in [-0.4, -0.2) is 73.9 Å². The number of nitrogens with zero attached hydrogens (tertiary/aromatic N) is 3. The summed E-state index contributed by atoms with van der Waals surface area (Å²) in [4.78, 5) is 32.5. The number of likely N-dealkylation sites (N-methyl/N-ethyl adjacent to an activating group) is 2. The number of aryl methyl sites for hydroxylation is 1. The first kappa shape index (κ1) is 22.5. The molecule has 7 heteroatoms. The third-order valence-corrected chi connectivity index (χ3v) is 4.12. The van der Waals surface area contributed by atoms with Gasteiger partial charge in [-0.2, -0.15) is 0 Å². The third kappa shape index (κ3) is 7.68. The van der Waals surface area contributed by atoms with Gasteiger partial charge in [-0.25, -0.2) is 0 Å². The Morgan fingerprint density at radius 1 is 1.11 bits per heavy atom. The third-order valence-electron chi connectivity index (χ3n) is 4.12. The molecule has 0 unspecified atom stereocenters. The zero-order valence-electron chi connectivity index (χ0n) is 17.2. The number of aliphatic imine (C=N–C) groups is 1. The Morgan fingerprint density at radius 3 is 2.41 bits per heavy atom. The highest BCUT2D eigenvalue weighted by molar-refractivity contribution is 5.94. The predicted octanol–water partition coefficient (Wildman–Crippen LogP) is 1.49. The van der Waals surface area contributed by atoms with Crippen molar-refractivity contribution < 1.29 is 9.59 Å². The molecule has 1 rings (SSSR count). The van der Waals surface area contributed by atoms with Gasteiger partial charge in [-0.15, -0.1) is 0 Å². The van der Waals surface area contributed by atoms with E-state index in [4.69, 9.17) is 0 Å². The van der Waals surface area contributed by atoms with E-state index in [9.17, 15) is 9.59 Å². The van der Waals surface area contributed by atoms with Crippen molar-refractivity contribution in [3.8, 4) is 0 Å². The van der Waals surface area contributed by atoms with Crippen LogP contribution in [0.4, 0.5) is 0 Å². The number of hydrogen-bond acceptors (Lipinski definition) is 3. The van der Waals surface area contributed by atoms with Crippen molar-refractivity contribution >= 4 is 17.8 Å². The number of hydrogen-bond donors (Lipinski definition) is 2. The van der Waals surface area contributed by atoms with E-state index in [1.807, 2.05) is 57.8 Å². The van der Waals surface area contributed by atoms with E-state index >= 15 is 0 Å². The molecule has 0 aliphatic heterocycles. The Hall–Kier alpha value is -2.57. The summed E-state index contributed by atoms with van der Waals surface area (Å²) in [6.07, 6.45) is 0. The van der Waals surface area contributed by atoms with Crippen LogP contribution in [0, 0.1) is 6.92 Å². The summed E-state index contributed by atoms with van der Waals surface area (Å²) in [6.45, 7) is 11.1. The highest BCUT2D eigenvalue weighted by atomic mass is 16.2. The maximum absolute atomic E-state index is 12.3. The van der Waals surface area contributed by atoms with E-state index in [0.29, 0.717) is 44.2 Å². The fourth-order valence-corrected chi connectivity index (χ4v) is 2.64. The van der Waals surface area contributed by atoms with Gasteiger partial charge >= 0.3 is 0 Å².